The molecular formula is C13H13BrN4O3. The fourth-order valence-electron chi connectivity index (χ4n) is 1.81. The van der Waals surface area contributed by atoms with E-state index in [1.165, 1.54) is 18.2 Å². The number of rotatable bonds is 4. The number of carbonyl (C=O) groups excluding carboxylic acids is 1. The quantitative estimate of drug-likeness (QED) is 0.676. The Kier molecular flexibility index (Phi) is 4.37. The molecule has 0 aliphatic carbocycles. The molecule has 1 heterocycles. The number of aryl methyl sites for hydroxylation is 1. The van der Waals surface area contributed by atoms with Crippen molar-refractivity contribution in [2.45, 2.75) is 20.4 Å². The van der Waals surface area contributed by atoms with Crippen LogP contribution in [0.1, 0.15) is 11.3 Å². The second-order valence-electron chi connectivity index (χ2n) is 4.54. The molecule has 8 heteroatoms. The Morgan fingerprint density at radius 2 is 2.19 bits per heavy atom. The zero-order chi connectivity index (χ0) is 15.6. The van der Waals surface area contributed by atoms with Gasteiger partial charge < -0.3 is 5.32 Å². The van der Waals surface area contributed by atoms with E-state index in [0.29, 0.717) is 11.3 Å². The average molecular weight is 353 g/mol. The number of nitro benzene ring substituents is 1. The number of hydrogen-bond acceptors (Lipinski definition) is 4. The van der Waals surface area contributed by atoms with Gasteiger partial charge in [-0.25, -0.2) is 0 Å². The van der Waals surface area contributed by atoms with Crippen LogP contribution in [0.3, 0.4) is 0 Å². The number of nitrogens with zero attached hydrogens (tertiary/aromatic N) is 3. The Morgan fingerprint density at radius 3 is 2.71 bits per heavy atom. The van der Waals surface area contributed by atoms with Crippen molar-refractivity contribution in [2.75, 3.05) is 5.32 Å². The molecular weight excluding hydrogens is 340 g/mol. The van der Waals surface area contributed by atoms with Crippen molar-refractivity contribution in [1.82, 2.24) is 9.78 Å². The highest BCUT2D eigenvalue weighted by Gasteiger charge is 2.12. The van der Waals surface area contributed by atoms with Gasteiger partial charge in [0.2, 0.25) is 5.91 Å². The van der Waals surface area contributed by atoms with Crippen molar-refractivity contribution in [3.8, 4) is 0 Å². The van der Waals surface area contributed by atoms with Crippen molar-refractivity contribution in [3.05, 3.63) is 50.2 Å². The topological polar surface area (TPSA) is 90.1 Å². The molecule has 0 radical (unpaired) electrons. The normalized spacial score (nSPS) is 10.4. The lowest BCUT2D eigenvalue weighted by Crippen LogP contribution is -2.20. The molecule has 0 fully saturated rings. The molecule has 1 aromatic carbocycles. The summed E-state index contributed by atoms with van der Waals surface area (Å²) in [5.74, 6) is -0.245. The van der Waals surface area contributed by atoms with Gasteiger partial charge in [-0.3, -0.25) is 19.6 Å². The highest BCUT2D eigenvalue weighted by Crippen LogP contribution is 2.21. The van der Waals surface area contributed by atoms with Gasteiger partial charge in [-0.15, -0.1) is 0 Å². The number of anilines is 1. The molecule has 0 aliphatic rings. The number of nitro groups is 1. The van der Waals surface area contributed by atoms with Gasteiger partial charge >= 0.3 is 0 Å². The number of non-ortho nitro benzene ring substituents is 1. The molecule has 1 N–H and O–H groups in total. The van der Waals surface area contributed by atoms with Gasteiger partial charge in [0, 0.05) is 17.8 Å². The van der Waals surface area contributed by atoms with Gasteiger partial charge in [0.05, 0.1) is 21.3 Å². The van der Waals surface area contributed by atoms with E-state index in [2.05, 4.69) is 26.3 Å². The highest BCUT2D eigenvalue weighted by molar-refractivity contribution is 9.10. The monoisotopic (exact) mass is 352 g/mol. The first-order chi connectivity index (χ1) is 9.88. The molecule has 1 amide bonds. The summed E-state index contributed by atoms with van der Waals surface area (Å²) in [6.45, 7) is 3.63. The molecule has 0 spiro atoms. The van der Waals surface area contributed by atoms with Gasteiger partial charge in [-0.05, 0) is 41.4 Å². The summed E-state index contributed by atoms with van der Waals surface area (Å²) < 4.78 is 2.40. The van der Waals surface area contributed by atoms with Crippen molar-refractivity contribution >= 4 is 33.2 Å². The molecule has 0 saturated carbocycles. The second-order valence-corrected chi connectivity index (χ2v) is 5.39. The van der Waals surface area contributed by atoms with Crippen LogP contribution in [0, 0.1) is 24.0 Å². The first-order valence-corrected chi connectivity index (χ1v) is 6.90. The first kappa shape index (κ1) is 15.2. The summed E-state index contributed by atoms with van der Waals surface area (Å²) in [5, 5.41) is 17.5. The lowest BCUT2D eigenvalue weighted by atomic mass is 10.2. The Morgan fingerprint density at radius 1 is 1.48 bits per heavy atom. The van der Waals surface area contributed by atoms with Gasteiger partial charge in [-0.1, -0.05) is 0 Å². The number of halogens is 1. The summed E-state index contributed by atoms with van der Waals surface area (Å²) in [7, 11) is 0. The summed E-state index contributed by atoms with van der Waals surface area (Å²) in [6, 6.07) is 4.31. The van der Waals surface area contributed by atoms with Gasteiger partial charge in [-0.2, -0.15) is 5.10 Å². The summed E-state index contributed by atoms with van der Waals surface area (Å²) in [4.78, 5) is 22.2. The van der Waals surface area contributed by atoms with E-state index in [4.69, 9.17) is 0 Å². The molecule has 7 nitrogen and oxygen atoms in total. The van der Waals surface area contributed by atoms with Crippen LogP contribution >= 0.6 is 15.9 Å². The number of carbonyl (C=O) groups is 1. The number of hydrogen-bond donors (Lipinski definition) is 1. The van der Waals surface area contributed by atoms with Crippen LogP contribution in [0.2, 0.25) is 0 Å². The van der Waals surface area contributed by atoms with Crippen LogP contribution in [0.5, 0.6) is 0 Å². The van der Waals surface area contributed by atoms with E-state index in [1.807, 2.05) is 6.92 Å². The predicted octanol–water partition coefficient (Wildman–Crippen LogP) is 2.81. The molecule has 0 atom stereocenters. The van der Waals surface area contributed by atoms with Gasteiger partial charge in [0.25, 0.3) is 5.69 Å². The zero-order valence-electron chi connectivity index (χ0n) is 11.5. The lowest BCUT2D eigenvalue weighted by Gasteiger charge is -2.09. The van der Waals surface area contributed by atoms with E-state index in [0.717, 1.165) is 10.2 Å². The minimum Gasteiger partial charge on any atom is -0.324 e. The maximum atomic E-state index is 12.0. The third-order valence-corrected chi connectivity index (χ3v) is 3.81. The van der Waals surface area contributed by atoms with E-state index >= 15 is 0 Å². The maximum Gasteiger partial charge on any atom is 0.269 e. The highest BCUT2D eigenvalue weighted by atomic mass is 79.9. The molecule has 0 aliphatic heterocycles. The van der Waals surface area contributed by atoms with Gasteiger partial charge in [0.1, 0.15) is 6.54 Å². The number of nitrogens with one attached hydrogen (secondary N) is 1. The van der Waals surface area contributed by atoms with Crippen LogP contribution in [-0.2, 0) is 11.3 Å². The largest absolute Gasteiger partial charge is 0.324 e. The van der Waals surface area contributed by atoms with E-state index < -0.39 is 4.92 Å². The number of aromatic nitrogens is 2. The molecule has 0 unspecified atom stereocenters. The van der Waals surface area contributed by atoms with Gasteiger partial charge in [0.15, 0.2) is 0 Å². The minimum atomic E-state index is -0.469. The molecule has 2 aromatic rings. The Labute approximate surface area is 129 Å². The van der Waals surface area contributed by atoms with Crippen molar-refractivity contribution in [1.29, 1.82) is 0 Å². The Bertz CT molecular complexity index is 711. The SMILES string of the molecule is Cc1cc([N+](=O)[O-])ccc1NC(=O)Cn1ncc(Br)c1C. The number of benzene rings is 1. The van der Waals surface area contributed by atoms with Crippen LogP contribution in [0.25, 0.3) is 0 Å². The Balaban J connectivity index is 2.09. The third-order valence-electron chi connectivity index (χ3n) is 3.03. The van der Waals surface area contributed by atoms with Crippen molar-refractivity contribution in [3.63, 3.8) is 0 Å². The van der Waals surface area contributed by atoms with E-state index in [9.17, 15) is 14.9 Å². The van der Waals surface area contributed by atoms with Crippen molar-refractivity contribution in [2.24, 2.45) is 0 Å². The fourth-order valence-corrected chi connectivity index (χ4v) is 2.11. The molecule has 0 bridgehead atoms. The zero-order valence-corrected chi connectivity index (χ0v) is 13.0. The van der Waals surface area contributed by atoms with E-state index in [1.54, 1.807) is 17.8 Å². The minimum absolute atomic E-state index is 0.00245. The lowest BCUT2D eigenvalue weighted by molar-refractivity contribution is -0.384. The smallest absolute Gasteiger partial charge is 0.269 e. The summed E-state index contributed by atoms with van der Waals surface area (Å²) >= 11 is 3.33. The average Bonchev–Trinajstić information content (AvgIpc) is 2.73. The third kappa shape index (κ3) is 3.46. The molecule has 2 rings (SSSR count). The summed E-state index contributed by atoms with van der Waals surface area (Å²) in [6.07, 6.45) is 1.62. The second kappa shape index (κ2) is 6.04. The van der Waals surface area contributed by atoms with Crippen molar-refractivity contribution < 1.29 is 9.72 Å². The maximum absolute atomic E-state index is 12.0. The molecule has 110 valence electrons. The Hall–Kier alpha value is -2.22. The standard InChI is InChI=1S/C13H13BrN4O3/c1-8-5-10(18(20)21)3-4-12(8)16-13(19)7-17-9(2)11(14)6-15-17/h3-6H,7H2,1-2H3,(H,16,19). The van der Waals surface area contributed by atoms with E-state index in [-0.39, 0.29) is 18.1 Å². The van der Waals surface area contributed by atoms with Crippen LogP contribution in [0.15, 0.2) is 28.9 Å². The molecule has 0 saturated heterocycles. The summed E-state index contributed by atoms with van der Waals surface area (Å²) in [5.41, 5.74) is 2.04. The fraction of sp³-hybridized carbons (Fsp3) is 0.231. The number of amides is 1. The molecule has 1 aromatic heterocycles. The first-order valence-electron chi connectivity index (χ1n) is 6.11. The molecule has 21 heavy (non-hydrogen) atoms. The van der Waals surface area contributed by atoms with Crippen LogP contribution in [0.4, 0.5) is 11.4 Å². The predicted molar refractivity (Wildman–Crippen MR) is 81.1 cm³/mol. The van der Waals surface area contributed by atoms with Crippen LogP contribution < -0.4 is 5.32 Å². The van der Waals surface area contributed by atoms with Crippen LogP contribution in [-0.4, -0.2) is 20.6 Å².